The molecular weight excluding hydrogens is 410 g/mol. The molecule has 2 unspecified atom stereocenters. The number of likely N-dealkylation sites (tertiary alicyclic amines) is 1. The Morgan fingerprint density at radius 1 is 1.31 bits per heavy atom. The summed E-state index contributed by atoms with van der Waals surface area (Å²) in [4.78, 5) is 26.9. The summed E-state index contributed by atoms with van der Waals surface area (Å²) in [6.45, 7) is 11.6. The smallest absolute Gasteiger partial charge is 0.407 e. The molecule has 0 spiro atoms. The van der Waals surface area contributed by atoms with Crippen LogP contribution in [0.2, 0.25) is 0 Å². The minimum Gasteiger partial charge on any atom is -0.470 e. The van der Waals surface area contributed by atoms with Gasteiger partial charge in [-0.3, -0.25) is 4.68 Å². The lowest BCUT2D eigenvalue weighted by Gasteiger charge is -2.31. The van der Waals surface area contributed by atoms with Crippen LogP contribution in [0.3, 0.4) is 0 Å². The van der Waals surface area contributed by atoms with Gasteiger partial charge in [-0.15, -0.1) is 0 Å². The highest BCUT2D eigenvalue weighted by Crippen LogP contribution is 2.34. The number of amides is 1. The van der Waals surface area contributed by atoms with Crippen LogP contribution < -0.4 is 4.74 Å². The van der Waals surface area contributed by atoms with Crippen LogP contribution >= 0.6 is 0 Å². The fourth-order valence-electron chi connectivity index (χ4n) is 4.50. The van der Waals surface area contributed by atoms with E-state index in [4.69, 9.17) is 9.72 Å². The van der Waals surface area contributed by atoms with Gasteiger partial charge in [0.15, 0.2) is 11.2 Å². The topological polar surface area (TPSA) is 111 Å². The molecule has 1 aliphatic heterocycles. The highest BCUT2D eigenvalue weighted by molar-refractivity contribution is 5.81. The lowest BCUT2D eigenvalue weighted by molar-refractivity contribution is 0.0889. The molecule has 172 valence electrons. The third-order valence-corrected chi connectivity index (χ3v) is 6.08. The lowest BCUT2D eigenvalue weighted by atomic mass is 9.86. The van der Waals surface area contributed by atoms with Gasteiger partial charge < -0.3 is 19.3 Å². The van der Waals surface area contributed by atoms with Gasteiger partial charge in [-0.1, -0.05) is 20.8 Å². The summed E-state index contributed by atoms with van der Waals surface area (Å²) in [5, 5.41) is 14.1. The van der Waals surface area contributed by atoms with E-state index in [0.717, 1.165) is 23.6 Å². The van der Waals surface area contributed by atoms with Crippen LogP contribution in [0, 0.1) is 12.3 Å². The molecule has 3 aromatic heterocycles. The molecule has 10 nitrogen and oxygen atoms in total. The van der Waals surface area contributed by atoms with Gasteiger partial charge in [0.05, 0.1) is 17.8 Å². The van der Waals surface area contributed by atoms with Gasteiger partial charge in [0.2, 0.25) is 5.88 Å². The molecule has 10 heteroatoms. The molecule has 1 N–H and O–H groups in total. The highest BCUT2D eigenvalue weighted by atomic mass is 16.5. The van der Waals surface area contributed by atoms with Crippen molar-refractivity contribution < 1.29 is 14.6 Å². The van der Waals surface area contributed by atoms with E-state index in [2.05, 4.69) is 35.8 Å². The maximum absolute atomic E-state index is 11.8. The van der Waals surface area contributed by atoms with Crippen molar-refractivity contribution in [3.05, 3.63) is 18.2 Å². The maximum Gasteiger partial charge on any atom is 0.407 e. The van der Waals surface area contributed by atoms with Crippen molar-refractivity contribution in [3.63, 3.8) is 0 Å². The number of ether oxygens (including phenoxy) is 1. The molecule has 4 heterocycles. The third-order valence-electron chi connectivity index (χ3n) is 6.08. The van der Waals surface area contributed by atoms with Gasteiger partial charge in [-0.05, 0) is 25.7 Å². The zero-order chi connectivity index (χ0) is 23.2. The summed E-state index contributed by atoms with van der Waals surface area (Å²) in [7, 11) is 1.91. The molecule has 0 aliphatic carbocycles. The molecule has 1 amide bonds. The molecule has 32 heavy (non-hydrogen) atoms. The second-order valence-electron chi connectivity index (χ2n) is 9.56. The zero-order valence-corrected chi connectivity index (χ0v) is 19.5. The number of carboxylic acid groups (broad SMARTS) is 1. The Morgan fingerprint density at radius 3 is 2.69 bits per heavy atom. The Hall–Kier alpha value is -3.17. The van der Waals surface area contributed by atoms with Crippen molar-refractivity contribution in [2.24, 2.45) is 12.5 Å². The Morgan fingerprint density at radius 2 is 2.06 bits per heavy atom. The maximum atomic E-state index is 11.8. The minimum absolute atomic E-state index is 0.0412. The number of hydrogen-bond donors (Lipinski definition) is 1. The molecule has 0 saturated carbocycles. The average Bonchev–Trinajstić information content (AvgIpc) is 3.37. The van der Waals surface area contributed by atoms with Crippen molar-refractivity contribution in [1.82, 2.24) is 34.2 Å². The summed E-state index contributed by atoms with van der Waals surface area (Å²) >= 11 is 0. The quantitative estimate of drug-likeness (QED) is 0.645. The fraction of sp³-hybridized carbons (Fsp3) is 0.591. The summed E-state index contributed by atoms with van der Waals surface area (Å²) in [6, 6.07) is -0.245. The SMILES string of the molecule is CCn1ncc(-c2nc3c(OC4CCN(C(=O)O)C4CC(C)(C)C)ncnc3n2C)c1C. The molecule has 2 atom stereocenters. The van der Waals surface area contributed by atoms with Crippen molar-refractivity contribution >= 4 is 17.3 Å². The van der Waals surface area contributed by atoms with E-state index < -0.39 is 6.09 Å². The second-order valence-corrected chi connectivity index (χ2v) is 9.56. The van der Waals surface area contributed by atoms with Crippen molar-refractivity contribution in [1.29, 1.82) is 0 Å². The molecule has 0 radical (unpaired) electrons. The van der Waals surface area contributed by atoms with Crippen LogP contribution in [0.4, 0.5) is 4.79 Å². The van der Waals surface area contributed by atoms with Crippen LogP contribution in [0.5, 0.6) is 5.88 Å². The first-order valence-electron chi connectivity index (χ1n) is 11.0. The number of rotatable bonds is 5. The summed E-state index contributed by atoms with van der Waals surface area (Å²) in [5.74, 6) is 1.13. The first-order valence-corrected chi connectivity index (χ1v) is 11.0. The monoisotopic (exact) mass is 441 g/mol. The average molecular weight is 442 g/mol. The molecule has 4 rings (SSSR count). The predicted octanol–water partition coefficient (Wildman–Crippen LogP) is 3.49. The van der Waals surface area contributed by atoms with E-state index in [0.29, 0.717) is 36.4 Å². The number of aryl methyl sites for hydroxylation is 2. The first kappa shape index (κ1) is 22.0. The second kappa shape index (κ2) is 8.07. The van der Waals surface area contributed by atoms with Gasteiger partial charge in [0, 0.05) is 32.3 Å². The lowest BCUT2D eigenvalue weighted by Crippen LogP contribution is -2.43. The zero-order valence-electron chi connectivity index (χ0n) is 19.5. The Bertz CT molecular complexity index is 1140. The molecule has 0 aromatic carbocycles. The van der Waals surface area contributed by atoms with E-state index >= 15 is 0 Å². The Balaban J connectivity index is 1.70. The van der Waals surface area contributed by atoms with E-state index in [-0.39, 0.29) is 17.6 Å². The van der Waals surface area contributed by atoms with E-state index in [1.807, 2.05) is 36.3 Å². The van der Waals surface area contributed by atoms with E-state index in [9.17, 15) is 9.90 Å². The standard InChI is InChI=1S/C22H31N7O3/c1-7-29-13(2)14(11-25-29)18-26-17-19(27(18)6)23-12-24-20(17)32-16-8-9-28(21(30)31)15(16)10-22(3,4)5/h11-12,15-16H,7-10H2,1-6H3,(H,30,31). The van der Waals surface area contributed by atoms with Gasteiger partial charge in [-0.25, -0.2) is 14.8 Å². The van der Waals surface area contributed by atoms with Crippen LogP contribution in [0.1, 0.15) is 46.2 Å². The normalized spacial score (nSPS) is 19.1. The molecule has 0 bridgehead atoms. The molecule has 1 fully saturated rings. The Kier molecular flexibility index (Phi) is 5.56. The highest BCUT2D eigenvalue weighted by Gasteiger charge is 2.41. The Labute approximate surface area is 187 Å². The number of carbonyl (C=O) groups is 1. The number of nitrogens with zero attached hydrogens (tertiary/aromatic N) is 7. The van der Waals surface area contributed by atoms with E-state index in [1.54, 1.807) is 0 Å². The van der Waals surface area contributed by atoms with Crippen molar-refractivity contribution in [3.8, 4) is 17.3 Å². The van der Waals surface area contributed by atoms with Crippen molar-refractivity contribution in [2.75, 3.05) is 6.54 Å². The number of imidazole rings is 1. The number of hydrogen-bond acceptors (Lipinski definition) is 6. The molecular formula is C22H31N7O3. The van der Waals surface area contributed by atoms with Crippen LogP contribution in [0.25, 0.3) is 22.6 Å². The first-order chi connectivity index (χ1) is 15.1. The van der Waals surface area contributed by atoms with Gasteiger partial charge in [-0.2, -0.15) is 10.1 Å². The largest absolute Gasteiger partial charge is 0.470 e. The molecule has 3 aromatic rings. The van der Waals surface area contributed by atoms with Crippen LogP contribution in [-0.2, 0) is 13.6 Å². The number of fused-ring (bicyclic) bond motifs is 1. The van der Waals surface area contributed by atoms with Gasteiger partial charge in [0.1, 0.15) is 18.3 Å². The van der Waals surface area contributed by atoms with Crippen LogP contribution in [-0.4, -0.2) is 64.1 Å². The van der Waals surface area contributed by atoms with E-state index in [1.165, 1.54) is 11.2 Å². The fourth-order valence-corrected chi connectivity index (χ4v) is 4.50. The van der Waals surface area contributed by atoms with Crippen molar-refractivity contribution in [2.45, 2.75) is 66.2 Å². The van der Waals surface area contributed by atoms with Crippen LogP contribution in [0.15, 0.2) is 12.5 Å². The summed E-state index contributed by atoms with van der Waals surface area (Å²) in [6.07, 6.45) is 3.38. The summed E-state index contributed by atoms with van der Waals surface area (Å²) < 4.78 is 10.2. The van der Waals surface area contributed by atoms with Gasteiger partial charge >= 0.3 is 6.09 Å². The number of aromatic nitrogens is 6. The summed E-state index contributed by atoms with van der Waals surface area (Å²) in [5.41, 5.74) is 3.15. The third kappa shape index (κ3) is 3.89. The predicted molar refractivity (Wildman–Crippen MR) is 120 cm³/mol. The minimum atomic E-state index is -0.915. The molecule has 1 saturated heterocycles. The van der Waals surface area contributed by atoms with Gasteiger partial charge in [0.25, 0.3) is 0 Å². The molecule has 1 aliphatic rings.